The highest BCUT2D eigenvalue weighted by molar-refractivity contribution is 6.31. The van der Waals surface area contributed by atoms with Gasteiger partial charge < -0.3 is 19.7 Å². The minimum absolute atomic E-state index is 0.360. The van der Waals surface area contributed by atoms with Crippen LogP contribution in [-0.2, 0) is 6.54 Å². The van der Waals surface area contributed by atoms with E-state index in [1.165, 1.54) is 24.5 Å². The highest BCUT2D eigenvalue weighted by Gasteiger charge is 2.17. The van der Waals surface area contributed by atoms with Gasteiger partial charge in [0.1, 0.15) is 23.5 Å². The first-order chi connectivity index (χ1) is 16.2. The monoisotopic (exact) mass is 486 g/mol. The topological polar surface area (TPSA) is 89.3 Å². The second-order valence-electron chi connectivity index (χ2n) is 7.70. The fraction of sp³-hybridized carbons (Fsp3) is 0.208. The molecule has 34 heavy (non-hydrogen) atoms. The average molecular weight is 487 g/mol. The Hall–Kier alpha value is -3.72. The van der Waals surface area contributed by atoms with Crippen molar-refractivity contribution >= 4 is 34.3 Å². The van der Waals surface area contributed by atoms with Crippen LogP contribution in [0.4, 0.5) is 14.6 Å². The van der Waals surface area contributed by atoms with E-state index in [1.54, 1.807) is 6.07 Å². The Balaban J connectivity index is 1.53. The predicted molar refractivity (Wildman–Crippen MR) is 126 cm³/mol. The Morgan fingerprint density at radius 2 is 1.97 bits per heavy atom. The molecule has 0 spiro atoms. The molecular weight excluding hydrogens is 466 g/mol. The summed E-state index contributed by atoms with van der Waals surface area (Å²) in [5.41, 5.74) is 3.76. The molecule has 2 N–H and O–H groups in total. The Labute approximate surface area is 199 Å². The van der Waals surface area contributed by atoms with Gasteiger partial charge in [-0.05, 0) is 49.7 Å². The molecule has 0 atom stereocenters. The van der Waals surface area contributed by atoms with Gasteiger partial charge in [0.05, 0.1) is 11.2 Å². The number of aryl methyl sites for hydroxylation is 2. The molecule has 176 valence electrons. The summed E-state index contributed by atoms with van der Waals surface area (Å²) in [4.78, 5) is 19.7. The Morgan fingerprint density at radius 3 is 2.71 bits per heavy atom. The molecule has 0 amide bonds. The number of alkyl halides is 2. The Bertz CT molecular complexity index is 1370. The van der Waals surface area contributed by atoms with Crippen molar-refractivity contribution in [2.24, 2.45) is 0 Å². The molecule has 2 heterocycles. The van der Waals surface area contributed by atoms with E-state index in [0.29, 0.717) is 35.2 Å². The number of anilines is 1. The van der Waals surface area contributed by atoms with E-state index in [2.05, 4.69) is 30.7 Å². The summed E-state index contributed by atoms with van der Waals surface area (Å²) in [5, 5.41) is 14.3. The largest absolute Gasteiger partial charge is 0.478 e. The van der Waals surface area contributed by atoms with Gasteiger partial charge in [-0.2, -0.15) is 8.78 Å². The van der Waals surface area contributed by atoms with Crippen molar-refractivity contribution < 1.29 is 23.4 Å². The smallest absolute Gasteiger partial charge is 0.387 e. The normalized spacial score (nSPS) is 11.2. The van der Waals surface area contributed by atoms with E-state index in [4.69, 9.17) is 11.6 Å². The van der Waals surface area contributed by atoms with Crippen LogP contribution in [0.3, 0.4) is 0 Å². The summed E-state index contributed by atoms with van der Waals surface area (Å²) in [5.74, 6) is -1.26. The van der Waals surface area contributed by atoms with Gasteiger partial charge in [0.15, 0.2) is 0 Å². The second-order valence-corrected chi connectivity index (χ2v) is 8.14. The molecule has 7 nitrogen and oxygen atoms in total. The van der Waals surface area contributed by atoms with Gasteiger partial charge in [0, 0.05) is 40.8 Å². The molecule has 0 fully saturated rings. The average Bonchev–Trinajstić information content (AvgIpc) is 3.09. The molecule has 10 heteroatoms. The van der Waals surface area contributed by atoms with Crippen molar-refractivity contribution in [3.8, 4) is 17.0 Å². The first kappa shape index (κ1) is 23.4. The van der Waals surface area contributed by atoms with Gasteiger partial charge in [-0.3, -0.25) is 0 Å². The Morgan fingerprint density at radius 1 is 1.18 bits per heavy atom. The number of nitrogens with one attached hydrogen (secondary N) is 1. The van der Waals surface area contributed by atoms with Crippen LogP contribution >= 0.6 is 11.6 Å². The third-order valence-corrected chi connectivity index (χ3v) is 5.65. The molecule has 0 saturated carbocycles. The lowest BCUT2D eigenvalue weighted by Crippen LogP contribution is -2.12. The SMILES string of the molecule is Cc1cc(Cl)cc2c1cc(C)n2CCNc1cc(-c2ccc(C(=O)O)c(OC(F)F)c2)ncn1. The van der Waals surface area contributed by atoms with Crippen molar-refractivity contribution in [1.29, 1.82) is 0 Å². The van der Waals surface area contributed by atoms with Crippen molar-refractivity contribution in [2.75, 3.05) is 11.9 Å². The lowest BCUT2D eigenvalue weighted by Gasteiger charge is -2.12. The number of halogens is 3. The fourth-order valence-corrected chi connectivity index (χ4v) is 4.15. The lowest BCUT2D eigenvalue weighted by atomic mass is 10.1. The molecule has 0 bridgehead atoms. The van der Waals surface area contributed by atoms with E-state index in [1.807, 2.05) is 26.0 Å². The van der Waals surface area contributed by atoms with Crippen molar-refractivity contribution in [3.63, 3.8) is 0 Å². The Kier molecular flexibility index (Phi) is 6.65. The first-order valence-electron chi connectivity index (χ1n) is 10.4. The molecule has 4 aromatic rings. The van der Waals surface area contributed by atoms with Gasteiger partial charge in [0.25, 0.3) is 0 Å². The third kappa shape index (κ3) is 4.94. The van der Waals surface area contributed by atoms with Crippen LogP contribution < -0.4 is 10.1 Å². The maximum Gasteiger partial charge on any atom is 0.387 e. The molecule has 0 radical (unpaired) electrons. The molecular formula is C24H21ClF2N4O3. The number of carboxylic acid groups (broad SMARTS) is 1. The molecule has 0 aliphatic rings. The number of hydrogen-bond acceptors (Lipinski definition) is 5. The van der Waals surface area contributed by atoms with Crippen LogP contribution in [0.15, 0.2) is 48.8 Å². The summed E-state index contributed by atoms with van der Waals surface area (Å²) in [6, 6.07) is 11.6. The number of benzene rings is 2. The van der Waals surface area contributed by atoms with Crippen LogP contribution in [0, 0.1) is 13.8 Å². The van der Waals surface area contributed by atoms with Crippen LogP contribution in [0.5, 0.6) is 5.75 Å². The molecule has 4 rings (SSSR count). The molecule has 2 aromatic carbocycles. The zero-order valence-electron chi connectivity index (χ0n) is 18.3. The predicted octanol–water partition coefficient (Wildman–Crippen LogP) is 5.78. The summed E-state index contributed by atoms with van der Waals surface area (Å²) < 4.78 is 32.0. The number of rotatable bonds is 8. The number of aromatic nitrogens is 3. The van der Waals surface area contributed by atoms with E-state index in [0.717, 1.165) is 22.2 Å². The van der Waals surface area contributed by atoms with Gasteiger partial charge >= 0.3 is 12.6 Å². The van der Waals surface area contributed by atoms with Crippen molar-refractivity contribution in [2.45, 2.75) is 27.0 Å². The van der Waals surface area contributed by atoms with Gasteiger partial charge in [-0.1, -0.05) is 17.7 Å². The van der Waals surface area contributed by atoms with Crippen LogP contribution in [0.25, 0.3) is 22.2 Å². The molecule has 0 aliphatic carbocycles. The van der Waals surface area contributed by atoms with E-state index >= 15 is 0 Å². The molecule has 0 aliphatic heterocycles. The van der Waals surface area contributed by atoms with E-state index in [9.17, 15) is 18.7 Å². The summed E-state index contributed by atoms with van der Waals surface area (Å²) >= 11 is 6.25. The van der Waals surface area contributed by atoms with E-state index in [-0.39, 0.29) is 5.56 Å². The lowest BCUT2D eigenvalue weighted by molar-refractivity contribution is -0.0503. The van der Waals surface area contributed by atoms with Gasteiger partial charge in [-0.15, -0.1) is 0 Å². The second kappa shape index (κ2) is 9.64. The number of fused-ring (bicyclic) bond motifs is 1. The number of nitrogens with zero attached hydrogens (tertiary/aromatic N) is 3. The van der Waals surface area contributed by atoms with E-state index < -0.39 is 18.3 Å². The summed E-state index contributed by atoms with van der Waals surface area (Å²) in [7, 11) is 0. The number of aromatic carboxylic acids is 1. The third-order valence-electron chi connectivity index (χ3n) is 5.43. The standard InChI is InChI=1S/C24H21ClF2N4O3/c1-13-7-16(25)10-20-18(13)8-14(2)31(20)6-5-28-22-11-19(29-12-30-22)15-3-4-17(23(32)33)21(9-15)34-24(26)27/h3-4,7-12,24H,5-6H2,1-2H3,(H,32,33)(H,28,29,30). The van der Waals surface area contributed by atoms with Crippen LogP contribution in [0.2, 0.25) is 5.02 Å². The number of carbonyl (C=O) groups is 1. The number of hydrogen-bond donors (Lipinski definition) is 2. The van der Waals surface area contributed by atoms with Gasteiger partial charge in [0.2, 0.25) is 0 Å². The summed E-state index contributed by atoms with van der Waals surface area (Å²) in [6.07, 6.45) is 1.34. The quantitative estimate of drug-likeness (QED) is 0.328. The highest BCUT2D eigenvalue weighted by Crippen LogP contribution is 2.29. The maximum absolute atomic E-state index is 12.7. The molecule has 0 unspecified atom stereocenters. The summed E-state index contributed by atoms with van der Waals surface area (Å²) in [6.45, 7) is 2.14. The maximum atomic E-state index is 12.7. The van der Waals surface area contributed by atoms with Crippen LogP contribution in [-0.4, -0.2) is 38.8 Å². The first-order valence-corrected chi connectivity index (χ1v) is 10.7. The van der Waals surface area contributed by atoms with Crippen molar-refractivity contribution in [3.05, 3.63) is 70.6 Å². The highest BCUT2D eigenvalue weighted by atomic mass is 35.5. The van der Waals surface area contributed by atoms with Crippen LogP contribution in [0.1, 0.15) is 21.6 Å². The minimum atomic E-state index is -3.15. The molecule has 2 aromatic heterocycles. The number of carboxylic acids is 1. The fourth-order valence-electron chi connectivity index (χ4n) is 3.88. The number of ether oxygens (including phenoxy) is 1. The zero-order valence-corrected chi connectivity index (χ0v) is 19.1. The van der Waals surface area contributed by atoms with Crippen molar-refractivity contribution in [1.82, 2.24) is 14.5 Å². The molecule has 0 saturated heterocycles. The zero-order chi connectivity index (χ0) is 24.4. The minimum Gasteiger partial charge on any atom is -0.478 e. The van der Waals surface area contributed by atoms with Gasteiger partial charge in [-0.25, -0.2) is 14.8 Å².